The number of nitro benzene ring substituents is 1. The van der Waals surface area contributed by atoms with Crippen LogP contribution in [0.15, 0.2) is 35.3 Å². The zero-order valence-electron chi connectivity index (χ0n) is 20.5. The number of benzene rings is 2. The maximum atomic E-state index is 13.2. The summed E-state index contributed by atoms with van der Waals surface area (Å²) in [4.78, 5) is 40.7. The number of anilines is 1. The van der Waals surface area contributed by atoms with Gasteiger partial charge in [0.05, 0.1) is 31.9 Å². The van der Waals surface area contributed by atoms with Gasteiger partial charge in [0, 0.05) is 22.7 Å². The molecular weight excluding hydrogens is 460 g/mol. The van der Waals surface area contributed by atoms with Gasteiger partial charge in [-0.05, 0) is 45.9 Å². The van der Waals surface area contributed by atoms with E-state index in [1.807, 2.05) is 0 Å². The first kappa shape index (κ1) is 26.9. The minimum absolute atomic E-state index is 0.0707. The van der Waals surface area contributed by atoms with Gasteiger partial charge in [-0.15, -0.1) is 4.99 Å². The lowest BCUT2D eigenvalue weighted by Gasteiger charge is -2.37. The molecule has 0 aromatic heterocycles. The van der Waals surface area contributed by atoms with E-state index in [2.05, 4.69) is 10.3 Å². The van der Waals surface area contributed by atoms with Crippen molar-refractivity contribution >= 4 is 29.3 Å². The predicted octanol–water partition coefficient (Wildman–Crippen LogP) is 4.00. The summed E-state index contributed by atoms with van der Waals surface area (Å²) < 4.78 is 15.8. The lowest BCUT2D eigenvalue weighted by atomic mass is 10.0. The third-order valence-electron chi connectivity index (χ3n) is 4.88. The molecule has 12 heteroatoms. The van der Waals surface area contributed by atoms with Crippen LogP contribution in [-0.4, -0.2) is 54.9 Å². The SMILES string of the molecule is COc1cc(C(=O)NC(=NC(=O)O)N(c2ccc(C)c([N+](=O)[O-])c2)C(C)(C)C)cc(OC)c1OC. The molecule has 2 aromatic rings. The number of amides is 2. The van der Waals surface area contributed by atoms with Crippen molar-refractivity contribution < 1.29 is 33.8 Å². The van der Waals surface area contributed by atoms with Gasteiger partial charge < -0.3 is 24.2 Å². The van der Waals surface area contributed by atoms with Crippen molar-refractivity contribution in [2.75, 3.05) is 26.2 Å². The molecule has 0 aliphatic heterocycles. The first-order chi connectivity index (χ1) is 16.3. The highest BCUT2D eigenvalue weighted by Gasteiger charge is 2.31. The van der Waals surface area contributed by atoms with Crippen molar-refractivity contribution in [1.82, 2.24) is 5.32 Å². The fraction of sp³-hybridized carbons (Fsp3) is 0.348. The van der Waals surface area contributed by atoms with Crippen LogP contribution in [0.2, 0.25) is 0 Å². The van der Waals surface area contributed by atoms with Crippen LogP contribution in [-0.2, 0) is 0 Å². The van der Waals surface area contributed by atoms with E-state index < -0.39 is 22.5 Å². The Kier molecular flexibility index (Phi) is 8.24. The molecule has 2 N–H and O–H groups in total. The molecule has 0 heterocycles. The predicted molar refractivity (Wildman–Crippen MR) is 129 cm³/mol. The average Bonchev–Trinajstić information content (AvgIpc) is 2.77. The number of carbonyl (C=O) groups excluding carboxylic acids is 1. The molecule has 0 aliphatic carbocycles. The highest BCUT2D eigenvalue weighted by molar-refractivity contribution is 6.13. The van der Waals surface area contributed by atoms with Crippen LogP contribution in [0.3, 0.4) is 0 Å². The van der Waals surface area contributed by atoms with Crippen molar-refractivity contribution in [2.24, 2.45) is 4.99 Å². The second kappa shape index (κ2) is 10.7. The molecule has 0 radical (unpaired) electrons. The van der Waals surface area contributed by atoms with E-state index in [0.717, 1.165) is 0 Å². The monoisotopic (exact) mass is 488 g/mol. The number of nitrogens with one attached hydrogen (secondary N) is 1. The number of carboxylic acid groups (broad SMARTS) is 1. The van der Waals surface area contributed by atoms with E-state index in [1.54, 1.807) is 33.8 Å². The molecule has 188 valence electrons. The number of methoxy groups -OCH3 is 3. The third-order valence-corrected chi connectivity index (χ3v) is 4.88. The van der Waals surface area contributed by atoms with E-state index in [1.165, 1.54) is 50.5 Å². The lowest BCUT2D eigenvalue weighted by Crippen LogP contribution is -2.53. The molecule has 0 saturated heterocycles. The van der Waals surface area contributed by atoms with Gasteiger partial charge in [0.25, 0.3) is 11.6 Å². The summed E-state index contributed by atoms with van der Waals surface area (Å²) in [7, 11) is 4.20. The number of hydrogen-bond donors (Lipinski definition) is 2. The standard InChI is InChI=1S/C23H28N4O8/c1-13-8-9-15(12-16(13)27(31)32)26(23(2,3)4)21(25-22(29)30)24-20(28)14-10-17(33-5)19(35-7)18(11-14)34-6/h8-12H,1-7H3,(H,29,30)(H,24,25,28). The van der Waals surface area contributed by atoms with Gasteiger partial charge in [0.2, 0.25) is 11.7 Å². The molecule has 2 aromatic carbocycles. The van der Waals surface area contributed by atoms with Gasteiger partial charge in [-0.1, -0.05) is 6.07 Å². The molecule has 0 saturated carbocycles. The fourth-order valence-corrected chi connectivity index (χ4v) is 3.37. The zero-order chi connectivity index (χ0) is 26.5. The van der Waals surface area contributed by atoms with E-state index >= 15 is 0 Å². The van der Waals surface area contributed by atoms with Crippen molar-refractivity contribution in [1.29, 1.82) is 0 Å². The number of aliphatic imine (C=N–C) groups is 1. The van der Waals surface area contributed by atoms with Crippen LogP contribution in [0.4, 0.5) is 16.2 Å². The molecule has 0 bridgehead atoms. The lowest BCUT2D eigenvalue weighted by molar-refractivity contribution is -0.385. The number of aryl methyl sites for hydroxylation is 1. The van der Waals surface area contributed by atoms with Gasteiger partial charge in [-0.25, -0.2) is 4.79 Å². The quantitative estimate of drug-likeness (QED) is 0.266. The Morgan fingerprint density at radius 1 is 1.06 bits per heavy atom. The summed E-state index contributed by atoms with van der Waals surface area (Å²) in [6.45, 7) is 6.80. The number of nitro groups is 1. The topological polar surface area (TPSA) is 153 Å². The van der Waals surface area contributed by atoms with Crippen LogP contribution in [0.1, 0.15) is 36.7 Å². The molecule has 0 fully saturated rings. The van der Waals surface area contributed by atoms with E-state index in [0.29, 0.717) is 5.56 Å². The van der Waals surface area contributed by atoms with Crippen LogP contribution < -0.4 is 24.4 Å². The Hall–Kier alpha value is -4.35. The second-order valence-corrected chi connectivity index (χ2v) is 8.32. The van der Waals surface area contributed by atoms with Gasteiger partial charge >= 0.3 is 6.09 Å². The molecule has 0 spiro atoms. The molecule has 35 heavy (non-hydrogen) atoms. The highest BCUT2D eigenvalue weighted by Crippen LogP contribution is 2.38. The van der Waals surface area contributed by atoms with Gasteiger partial charge in [-0.3, -0.25) is 20.2 Å². The fourth-order valence-electron chi connectivity index (χ4n) is 3.37. The van der Waals surface area contributed by atoms with Crippen molar-refractivity contribution in [3.8, 4) is 17.2 Å². The summed E-state index contributed by atoms with van der Waals surface area (Å²) in [6, 6.07) is 7.20. The summed E-state index contributed by atoms with van der Waals surface area (Å²) >= 11 is 0. The number of hydrogen-bond acceptors (Lipinski definition) is 7. The van der Waals surface area contributed by atoms with E-state index in [9.17, 15) is 24.8 Å². The van der Waals surface area contributed by atoms with Crippen LogP contribution in [0, 0.1) is 17.0 Å². The van der Waals surface area contributed by atoms with Crippen molar-refractivity contribution in [2.45, 2.75) is 33.2 Å². The van der Waals surface area contributed by atoms with Crippen molar-refractivity contribution in [3.05, 3.63) is 51.6 Å². The van der Waals surface area contributed by atoms with Crippen LogP contribution in [0.25, 0.3) is 0 Å². The minimum Gasteiger partial charge on any atom is -0.493 e. The number of guanidine groups is 1. The Morgan fingerprint density at radius 2 is 1.63 bits per heavy atom. The van der Waals surface area contributed by atoms with Gasteiger partial charge in [0.1, 0.15) is 0 Å². The Morgan fingerprint density at radius 3 is 2.06 bits per heavy atom. The normalized spacial score (nSPS) is 11.5. The molecule has 0 atom stereocenters. The minimum atomic E-state index is -1.57. The molecule has 2 rings (SSSR count). The Labute approximate surface area is 202 Å². The Balaban J connectivity index is 2.62. The van der Waals surface area contributed by atoms with Gasteiger partial charge in [0.15, 0.2) is 11.5 Å². The molecular formula is C23H28N4O8. The highest BCUT2D eigenvalue weighted by atomic mass is 16.6. The summed E-state index contributed by atoms with van der Waals surface area (Å²) in [5, 5.41) is 23.4. The van der Waals surface area contributed by atoms with Crippen LogP contribution >= 0.6 is 0 Å². The van der Waals surface area contributed by atoms with E-state index in [4.69, 9.17) is 14.2 Å². The summed E-state index contributed by atoms with van der Waals surface area (Å²) in [6.07, 6.45) is -1.57. The largest absolute Gasteiger partial charge is 0.493 e. The average molecular weight is 488 g/mol. The van der Waals surface area contributed by atoms with Crippen molar-refractivity contribution in [3.63, 3.8) is 0 Å². The summed E-state index contributed by atoms with van der Waals surface area (Å²) in [5.41, 5.74) is -0.255. The number of rotatable bonds is 6. The maximum Gasteiger partial charge on any atom is 0.434 e. The zero-order valence-corrected chi connectivity index (χ0v) is 20.5. The number of nitrogens with zero attached hydrogens (tertiary/aromatic N) is 3. The molecule has 0 aliphatic rings. The number of ether oxygens (including phenoxy) is 3. The van der Waals surface area contributed by atoms with Gasteiger partial charge in [-0.2, -0.15) is 0 Å². The first-order valence-corrected chi connectivity index (χ1v) is 10.3. The van der Waals surface area contributed by atoms with Crippen LogP contribution in [0.5, 0.6) is 17.2 Å². The first-order valence-electron chi connectivity index (χ1n) is 10.3. The smallest absolute Gasteiger partial charge is 0.434 e. The third kappa shape index (κ3) is 6.16. The molecule has 0 unspecified atom stereocenters. The molecule has 2 amide bonds. The summed E-state index contributed by atoms with van der Waals surface area (Å²) in [5.74, 6) is -0.359. The maximum absolute atomic E-state index is 13.2. The number of carbonyl (C=O) groups is 2. The van der Waals surface area contributed by atoms with E-state index in [-0.39, 0.29) is 40.1 Å². The Bertz CT molecular complexity index is 1150. The second-order valence-electron chi connectivity index (χ2n) is 8.32. The molecule has 12 nitrogen and oxygen atoms in total.